The lowest BCUT2D eigenvalue weighted by Gasteiger charge is -1.89. The van der Waals surface area contributed by atoms with Crippen molar-refractivity contribution in [2.45, 2.75) is 13.0 Å². The Bertz CT molecular complexity index is 234. The third-order valence-electron chi connectivity index (χ3n) is 1.16. The van der Waals surface area contributed by atoms with E-state index in [4.69, 9.17) is 4.74 Å². The molecule has 0 aromatic carbocycles. The van der Waals surface area contributed by atoms with Crippen LogP contribution >= 0.6 is 11.3 Å². The molecule has 3 nitrogen and oxygen atoms in total. The summed E-state index contributed by atoms with van der Waals surface area (Å²) in [4.78, 5) is 14.2. The van der Waals surface area contributed by atoms with Crippen molar-refractivity contribution in [1.82, 2.24) is 4.98 Å². The van der Waals surface area contributed by atoms with Crippen molar-refractivity contribution in [2.75, 3.05) is 7.11 Å². The largest absolute Gasteiger partial charge is 0.378 e. The highest BCUT2D eigenvalue weighted by Crippen LogP contribution is 2.10. The van der Waals surface area contributed by atoms with E-state index in [1.54, 1.807) is 7.11 Å². The Morgan fingerprint density at radius 2 is 2.64 bits per heavy atom. The van der Waals surface area contributed by atoms with Crippen LogP contribution in [0.5, 0.6) is 0 Å². The number of ether oxygens (including phenoxy) is 1. The molecule has 1 aromatic rings. The summed E-state index contributed by atoms with van der Waals surface area (Å²) in [5, 5.41) is 2.80. The molecule has 1 rings (SSSR count). The van der Waals surface area contributed by atoms with Gasteiger partial charge in [0, 0.05) is 18.9 Å². The zero-order valence-electron chi connectivity index (χ0n) is 6.24. The van der Waals surface area contributed by atoms with E-state index < -0.39 is 0 Å². The summed E-state index contributed by atoms with van der Waals surface area (Å²) in [7, 11) is 1.63. The van der Waals surface area contributed by atoms with Gasteiger partial charge in [-0.15, -0.1) is 11.3 Å². The van der Waals surface area contributed by atoms with Crippen molar-refractivity contribution in [3.05, 3.63) is 16.1 Å². The summed E-state index contributed by atoms with van der Waals surface area (Å²) < 4.78 is 4.88. The molecule has 0 atom stereocenters. The van der Waals surface area contributed by atoms with Crippen molar-refractivity contribution in [2.24, 2.45) is 0 Å². The zero-order chi connectivity index (χ0) is 8.10. The second-order valence-corrected chi connectivity index (χ2v) is 2.98. The quantitative estimate of drug-likeness (QED) is 0.635. The molecule has 0 fully saturated rings. The van der Waals surface area contributed by atoms with Crippen LogP contribution < -0.4 is 0 Å². The summed E-state index contributed by atoms with van der Waals surface area (Å²) in [5.74, 6) is 0. The fraction of sp³-hybridized carbons (Fsp3) is 0.429. The summed E-state index contributed by atoms with van der Waals surface area (Å²) in [6.45, 7) is 0.531. The van der Waals surface area contributed by atoms with E-state index in [1.165, 1.54) is 11.3 Å². The van der Waals surface area contributed by atoms with E-state index in [-0.39, 0.29) is 0 Å². The SMILES string of the molecule is COCc1nc(CC=O)cs1. The predicted octanol–water partition coefficient (Wildman–Crippen LogP) is 1.03. The minimum absolute atomic E-state index is 0.403. The lowest BCUT2D eigenvalue weighted by molar-refractivity contribution is -0.107. The standard InChI is InChI=1S/C7H9NO2S/c1-10-4-7-8-6(2-3-9)5-11-7/h3,5H,2,4H2,1H3. The first kappa shape index (κ1) is 8.36. The van der Waals surface area contributed by atoms with Gasteiger partial charge in [0.05, 0.1) is 12.3 Å². The van der Waals surface area contributed by atoms with Crippen LogP contribution in [0.3, 0.4) is 0 Å². The number of carbonyl (C=O) groups excluding carboxylic acids is 1. The van der Waals surface area contributed by atoms with Crippen LogP contribution in [0.4, 0.5) is 0 Å². The third-order valence-corrected chi connectivity index (χ3v) is 2.03. The van der Waals surface area contributed by atoms with Gasteiger partial charge in [0.2, 0.25) is 0 Å². The van der Waals surface area contributed by atoms with Gasteiger partial charge in [-0.25, -0.2) is 4.98 Å². The maximum atomic E-state index is 10.1. The number of rotatable bonds is 4. The second-order valence-electron chi connectivity index (χ2n) is 2.04. The molecule has 0 radical (unpaired) electrons. The molecule has 0 aliphatic heterocycles. The van der Waals surface area contributed by atoms with E-state index >= 15 is 0 Å². The highest BCUT2D eigenvalue weighted by molar-refractivity contribution is 7.09. The molecule has 0 aliphatic rings. The Morgan fingerprint density at radius 1 is 1.82 bits per heavy atom. The van der Waals surface area contributed by atoms with Crippen LogP contribution in [0, 0.1) is 0 Å². The van der Waals surface area contributed by atoms with Crippen molar-refractivity contribution in [1.29, 1.82) is 0 Å². The summed E-state index contributed by atoms with van der Waals surface area (Å²) in [6.07, 6.45) is 1.26. The summed E-state index contributed by atoms with van der Waals surface area (Å²) in [6, 6.07) is 0. The van der Waals surface area contributed by atoms with Gasteiger partial charge in [0.1, 0.15) is 11.3 Å². The smallest absolute Gasteiger partial charge is 0.125 e. The van der Waals surface area contributed by atoms with Gasteiger partial charge in [-0.05, 0) is 0 Å². The Labute approximate surface area is 69.0 Å². The number of nitrogens with zero attached hydrogens (tertiary/aromatic N) is 1. The van der Waals surface area contributed by atoms with E-state index in [2.05, 4.69) is 4.98 Å². The highest BCUT2D eigenvalue weighted by atomic mass is 32.1. The first-order valence-corrected chi connectivity index (χ1v) is 4.10. The molecular weight excluding hydrogens is 162 g/mol. The minimum Gasteiger partial charge on any atom is -0.378 e. The first-order chi connectivity index (χ1) is 5.36. The van der Waals surface area contributed by atoms with Gasteiger partial charge in [-0.2, -0.15) is 0 Å². The molecule has 0 spiro atoms. The number of thiazole rings is 1. The molecule has 0 N–H and O–H groups in total. The van der Waals surface area contributed by atoms with Gasteiger partial charge in [-0.3, -0.25) is 0 Å². The van der Waals surface area contributed by atoms with Gasteiger partial charge in [0.25, 0.3) is 0 Å². The minimum atomic E-state index is 0.403. The normalized spacial score (nSPS) is 9.91. The fourth-order valence-electron chi connectivity index (χ4n) is 0.718. The lowest BCUT2D eigenvalue weighted by Crippen LogP contribution is -1.89. The number of aromatic nitrogens is 1. The average Bonchev–Trinajstić information content (AvgIpc) is 2.38. The topological polar surface area (TPSA) is 39.2 Å². The summed E-state index contributed by atoms with van der Waals surface area (Å²) in [5.41, 5.74) is 0.831. The van der Waals surface area contributed by atoms with Crippen molar-refractivity contribution in [3.63, 3.8) is 0 Å². The molecular formula is C7H9NO2S. The van der Waals surface area contributed by atoms with E-state index in [0.717, 1.165) is 17.0 Å². The van der Waals surface area contributed by atoms with Crippen molar-refractivity contribution >= 4 is 17.6 Å². The van der Waals surface area contributed by atoms with Crippen molar-refractivity contribution in [3.8, 4) is 0 Å². The molecule has 60 valence electrons. The maximum absolute atomic E-state index is 10.1. The lowest BCUT2D eigenvalue weighted by atomic mass is 10.4. The van der Waals surface area contributed by atoms with E-state index in [0.29, 0.717) is 13.0 Å². The third kappa shape index (κ3) is 2.40. The highest BCUT2D eigenvalue weighted by Gasteiger charge is 1.99. The number of carbonyl (C=O) groups is 1. The van der Waals surface area contributed by atoms with Crippen LogP contribution in [-0.2, 0) is 22.6 Å². The number of hydrogen-bond donors (Lipinski definition) is 0. The van der Waals surface area contributed by atoms with E-state index in [9.17, 15) is 4.79 Å². The molecule has 11 heavy (non-hydrogen) atoms. The maximum Gasteiger partial charge on any atom is 0.125 e. The van der Waals surface area contributed by atoms with Gasteiger partial charge in [-0.1, -0.05) is 0 Å². The number of aldehydes is 1. The van der Waals surface area contributed by atoms with E-state index in [1.807, 2.05) is 5.38 Å². The molecule has 4 heteroatoms. The van der Waals surface area contributed by atoms with Crippen LogP contribution in [-0.4, -0.2) is 18.4 Å². The number of hydrogen-bond acceptors (Lipinski definition) is 4. The van der Waals surface area contributed by atoms with Crippen LogP contribution in [0.2, 0.25) is 0 Å². The molecule has 0 bridgehead atoms. The molecule has 0 saturated heterocycles. The molecule has 0 aliphatic carbocycles. The monoisotopic (exact) mass is 171 g/mol. The Kier molecular flexibility index (Phi) is 3.19. The second kappa shape index (κ2) is 4.20. The van der Waals surface area contributed by atoms with Gasteiger partial charge < -0.3 is 9.53 Å². The van der Waals surface area contributed by atoms with Crippen LogP contribution in [0.25, 0.3) is 0 Å². The molecule has 0 unspecified atom stereocenters. The summed E-state index contributed by atoms with van der Waals surface area (Å²) >= 11 is 1.52. The Balaban J connectivity index is 2.57. The van der Waals surface area contributed by atoms with Crippen LogP contribution in [0.15, 0.2) is 5.38 Å². The molecule has 0 saturated carbocycles. The Morgan fingerprint density at radius 3 is 3.27 bits per heavy atom. The molecule has 0 amide bonds. The fourth-order valence-corrected chi connectivity index (χ4v) is 1.49. The number of methoxy groups -OCH3 is 1. The predicted molar refractivity (Wildman–Crippen MR) is 42.6 cm³/mol. The van der Waals surface area contributed by atoms with Crippen LogP contribution in [0.1, 0.15) is 10.7 Å². The average molecular weight is 171 g/mol. The zero-order valence-corrected chi connectivity index (χ0v) is 7.06. The molecule has 1 heterocycles. The Hall–Kier alpha value is -0.740. The first-order valence-electron chi connectivity index (χ1n) is 3.22. The van der Waals surface area contributed by atoms with Gasteiger partial charge >= 0.3 is 0 Å². The molecule has 1 aromatic heterocycles. The van der Waals surface area contributed by atoms with Crippen molar-refractivity contribution < 1.29 is 9.53 Å². The van der Waals surface area contributed by atoms with Gasteiger partial charge in [0.15, 0.2) is 0 Å².